The molecule has 1 aromatic heterocycles. The molecule has 1 aliphatic heterocycles. The lowest BCUT2D eigenvalue weighted by Gasteiger charge is -2.26. The van der Waals surface area contributed by atoms with Crippen LogP contribution in [0.25, 0.3) is 11.0 Å². The first-order valence-corrected chi connectivity index (χ1v) is 9.22. The van der Waals surface area contributed by atoms with Crippen LogP contribution in [0, 0.1) is 0 Å². The van der Waals surface area contributed by atoms with E-state index in [0.29, 0.717) is 6.42 Å². The van der Waals surface area contributed by atoms with Crippen molar-refractivity contribution >= 4 is 22.6 Å². The number of anilines is 1. The number of aromatic nitrogens is 2. The fourth-order valence-corrected chi connectivity index (χ4v) is 3.42. The molecule has 1 fully saturated rings. The van der Waals surface area contributed by atoms with Gasteiger partial charge in [-0.2, -0.15) is 0 Å². The van der Waals surface area contributed by atoms with E-state index in [4.69, 9.17) is 4.98 Å². The van der Waals surface area contributed by atoms with Crippen LogP contribution < -0.4 is 5.32 Å². The third kappa shape index (κ3) is 3.78. The molecule has 24 heavy (non-hydrogen) atoms. The molecule has 1 aliphatic rings. The van der Waals surface area contributed by atoms with Crippen LogP contribution in [0.2, 0.25) is 0 Å². The van der Waals surface area contributed by atoms with E-state index in [-0.39, 0.29) is 5.91 Å². The maximum Gasteiger partial charge on any atom is 0.224 e. The Morgan fingerprint density at radius 2 is 2.00 bits per heavy atom. The number of carbonyl (C=O) groups excluding carboxylic acids is 1. The summed E-state index contributed by atoms with van der Waals surface area (Å²) in [7, 11) is 0. The third-order valence-electron chi connectivity index (χ3n) is 4.69. The molecule has 1 amide bonds. The summed E-state index contributed by atoms with van der Waals surface area (Å²) in [5, 5.41) is 2.93. The first kappa shape index (κ1) is 17.0. The Balaban J connectivity index is 1.88. The summed E-state index contributed by atoms with van der Waals surface area (Å²) in [6, 6.07) is 6.06. The monoisotopic (exact) mass is 328 g/mol. The van der Waals surface area contributed by atoms with Gasteiger partial charge in [-0.25, -0.2) is 4.98 Å². The molecular weight excluding hydrogens is 300 g/mol. The van der Waals surface area contributed by atoms with Gasteiger partial charge in [0.2, 0.25) is 5.91 Å². The molecule has 5 nitrogen and oxygen atoms in total. The van der Waals surface area contributed by atoms with Crippen LogP contribution in [0.15, 0.2) is 18.2 Å². The highest BCUT2D eigenvalue weighted by Crippen LogP contribution is 2.23. The standard InChI is InChI=1S/C19H28N4O/c1-3-10-23-17-9-8-15(20-19(24)4-2)13-16(17)21-18(23)14-22-11-6-5-7-12-22/h8-9,13H,3-7,10-12,14H2,1-2H3,(H,20,24). The second kappa shape index (κ2) is 7.79. The molecule has 1 N–H and O–H groups in total. The molecule has 0 saturated carbocycles. The lowest BCUT2D eigenvalue weighted by Crippen LogP contribution is -2.30. The van der Waals surface area contributed by atoms with Gasteiger partial charge in [0.15, 0.2) is 0 Å². The Hall–Kier alpha value is -1.88. The molecule has 130 valence electrons. The zero-order valence-electron chi connectivity index (χ0n) is 14.8. The van der Waals surface area contributed by atoms with Crippen LogP contribution in [0.4, 0.5) is 5.69 Å². The zero-order chi connectivity index (χ0) is 16.9. The van der Waals surface area contributed by atoms with Crippen molar-refractivity contribution < 1.29 is 4.79 Å². The number of fused-ring (bicyclic) bond motifs is 1. The van der Waals surface area contributed by atoms with Crippen LogP contribution in [-0.4, -0.2) is 33.4 Å². The Morgan fingerprint density at radius 3 is 2.71 bits per heavy atom. The number of hydrogen-bond donors (Lipinski definition) is 1. The van der Waals surface area contributed by atoms with Crippen LogP contribution >= 0.6 is 0 Å². The van der Waals surface area contributed by atoms with Crippen molar-refractivity contribution in [1.29, 1.82) is 0 Å². The fraction of sp³-hybridized carbons (Fsp3) is 0.579. The van der Waals surface area contributed by atoms with Crippen LogP contribution in [0.3, 0.4) is 0 Å². The molecule has 0 bridgehead atoms. The molecule has 0 atom stereocenters. The predicted molar refractivity (Wildman–Crippen MR) is 98.1 cm³/mol. The van der Waals surface area contributed by atoms with E-state index in [0.717, 1.165) is 36.5 Å². The van der Waals surface area contributed by atoms with Crippen molar-refractivity contribution in [2.24, 2.45) is 0 Å². The maximum absolute atomic E-state index is 11.6. The SMILES string of the molecule is CCCn1c(CN2CCCCC2)nc2cc(NC(=O)CC)ccc21. The second-order valence-electron chi connectivity index (χ2n) is 6.62. The van der Waals surface area contributed by atoms with Gasteiger partial charge in [0.1, 0.15) is 5.82 Å². The largest absolute Gasteiger partial charge is 0.327 e. The van der Waals surface area contributed by atoms with Gasteiger partial charge in [-0.1, -0.05) is 20.3 Å². The smallest absolute Gasteiger partial charge is 0.224 e. The molecular formula is C19H28N4O. The highest BCUT2D eigenvalue weighted by Gasteiger charge is 2.16. The van der Waals surface area contributed by atoms with Gasteiger partial charge in [0.05, 0.1) is 17.6 Å². The number of hydrogen-bond acceptors (Lipinski definition) is 3. The summed E-state index contributed by atoms with van der Waals surface area (Å²) in [6.45, 7) is 8.32. The number of rotatable bonds is 6. The molecule has 2 aromatic rings. The minimum Gasteiger partial charge on any atom is -0.327 e. The van der Waals surface area contributed by atoms with E-state index in [2.05, 4.69) is 27.8 Å². The summed E-state index contributed by atoms with van der Waals surface area (Å²) in [6.07, 6.45) is 5.51. The molecule has 5 heteroatoms. The predicted octanol–water partition coefficient (Wildman–Crippen LogP) is 3.78. The van der Waals surface area contributed by atoms with Crippen molar-refractivity contribution in [1.82, 2.24) is 14.5 Å². The number of nitrogens with zero attached hydrogens (tertiary/aromatic N) is 3. The molecule has 2 heterocycles. The average molecular weight is 328 g/mol. The van der Waals surface area contributed by atoms with E-state index in [1.807, 2.05) is 19.1 Å². The van der Waals surface area contributed by atoms with Crippen molar-refractivity contribution in [3.63, 3.8) is 0 Å². The van der Waals surface area contributed by atoms with E-state index in [1.54, 1.807) is 0 Å². The van der Waals surface area contributed by atoms with Crippen molar-refractivity contribution in [2.45, 2.75) is 59.0 Å². The molecule has 3 rings (SSSR count). The number of carbonyl (C=O) groups is 1. The third-order valence-corrected chi connectivity index (χ3v) is 4.69. The molecule has 0 radical (unpaired) electrons. The Bertz CT molecular complexity index is 701. The average Bonchev–Trinajstić information content (AvgIpc) is 2.93. The highest BCUT2D eigenvalue weighted by atomic mass is 16.1. The first-order valence-electron chi connectivity index (χ1n) is 9.22. The Kier molecular flexibility index (Phi) is 5.51. The Labute approximate surface area is 144 Å². The van der Waals surface area contributed by atoms with E-state index >= 15 is 0 Å². The lowest BCUT2D eigenvalue weighted by molar-refractivity contribution is -0.115. The Morgan fingerprint density at radius 1 is 1.21 bits per heavy atom. The van der Waals surface area contributed by atoms with Gasteiger partial charge in [-0.05, 0) is 50.6 Å². The van der Waals surface area contributed by atoms with Crippen molar-refractivity contribution in [3.8, 4) is 0 Å². The second-order valence-corrected chi connectivity index (χ2v) is 6.62. The van der Waals surface area contributed by atoms with E-state index in [1.165, 1.54) is 37.9 Å². The number of nitrogens with one attached hydrogen (secondary N) is 1. The number of likely N-dealkylation sites (tertiary alicyclic amines) is 1. The minimum absolute atomic E-state index is 0.0379. The summed E-state index contributed by atoms with van der Waals surface area (Å²) < 4.78 is 2.34. The first-order chi connectivity index (χ1) is 11.7. The fourth-order valence-electron chi connectivity index (χ4n) is 3.42. The topological polar surface area (TPSA) is 50.2 Å². The van der Waals surface area contributed by atoms with Crippen LogP contribution in [-0.2, 0) is 17.9 Å². The number of aryl methyl sites for hydroxylation is 1. The highest BCUT2D eigenvalue weighted by molar-refractivity contribution is 5.92. The molecule has 1 saturated heterocycles. The molecule has 0 spiro atoms. The van der Waals surface area contributed by atoms with Gasteiger partial charge in [-0.15, -0.1) is 0 Å². The normalized spacial score (nSPS) is 15.8. The van der Waals surface area contributed by atoms with Gasteiger partial charge in [-0.3, -0.25) is 9.69 Å². The summed E-state index contributed by atoms with van der Waals surface area (Å²) >= 11 is 0. The summed E-state index contributed by atoms with van der Waals surface area (Å²) in [5.41, 5.74) is 2.97. The molecule has 0 aliphatic carbocycles. The number of piperidine rings is 1. The van der Waals surface area contributed by atoms with Gasteiger partial charge in [0, 0.05) is 18.7 Å². The number of amides is 1. The van der Waals surface area contributed by atoms with Gasteiger partial charge >= 0.3 is 0 Å². The van der Waals surface area contributed by atoms with Crippen molar-refractivity contribution in [3.05, 3.63) is 24.0 Å². The summed E-state index contributed by atoms with van der Waals surface area (Å²) in [4.78, 5) is 19.0. The van der Waals surface area contributed by atoms with Crippen LogP contribution in [0.5, 0.6) is 0 Å². The number of benzene rings is 1. The zero-order valence-corrected chi connectivity index (χ0v) is 14.8. The van der Waals surface area contributed by atoms with Gasteiger partial charge < -0.3 is 9.88 Å². The van der Waals surface area contributed by atoms with E-state index < -0.39 is 0 Å². The number of imidazole rings is 1. The minimum atomic E-state index is 0.0379. The van der Waals surface area contributed by atoms with Crippen LogP contribution in [0.1, 0.15) is 51.8 Å². The van der Waals surface area contributed by atoms with E-state index in [9.17, 15) is 4.79 Å². The quantitative estimate of drug-likeness (QED) is 0.878. The van der Waals surface area contributed by atoms with Gasteiger partial charge in [0.25, 0.3) is 0 Å². The molecule has 1 aromatic carbocycles. The molecule has 0 unspecified atom stereocenters. The lowest BCUT2D eigenvalue weighted by atomic mass is 10.1. The maximum atomic E-state index is 11.6. The van der Waals surface area contributed by atoms with Crippen molar-refractivity contribution in [2.75, 3.05) is 18.4 Å². The summed E-state index contributed by atoms with van der Waals surface area (Å²) in [5.74, 6) is 1.18.